The molecule has 4 heteroatoms. The van der Waals surface area contributed by atoms with Crippen LogP contribution in [0.25, 0.3) is 0 Å². The Bertz CT molecular complexity index is 665. The van der Waals surface area contributed by atoms with E-state index in [9.17, 15) is 0 Å². The average Bonchev–Trinajstić information content (AvgIpc) is 2.59. The van der Waals surface area contributed by atoms with E-state index in [0.29, 0.717) is 19.6 Å². The predicted molar refractivity (Wildman–Crippen MR) is 94.6 cm³/mol. The molecule has 0 heterocycles. The molecule has 0 aliphatic carbocycles. The molecule has 2 rings (SSSR count). The van der Waals surface area contributed by atoms with Gasteiger partial charge in [0, 0.05) is 12.5 Å². The van der Waals surface area contributed by atoms with Crippen LogP contribution in [0.5, 0.6) is 11.5 Å². The molecule has 0 saturated carbocycles. The highest BCUT2D eigenvalue weighted by Crippen LogP contribution is 2.34. The van der Waals surface area contributed by atoms with Crippen LogP contribution in [0.4, 0.5) is 0 Å². The second-order valence-corrected chi connectivity index (χ2v) is 5.98. The van der Waals surface area contributed by atoms with Crippen molar-refractivity contribution in [1.82, 2.24) is 0 Å². The molecule has 0 fully saturated rings. The molecular formula is C19H20BrNO2. The fourth-order valence-corrected chi connectivity index (χ4v) is 2.67. The summed E-state index contributed by atoms with van der Waals surface area (Å²) in [5.74, 6) is 1.60. The minimum absolute atomic E-state index is 0.509. The maximum atomic E-state index is 8.59. The summed E-state index contributed by atoms with van der Waals surface area (Å²) in [5.41, 5.74) is 2.25. The molecule has 0 radical (unpaired) electrons. The summed E-state index contributed by atoms with van der Waals surface area (Å²) in [6, 6.07) is 16.2. The zero-order chi connectivity index (χ0) is 16.5. The van der Waals surface area contributed by atoms with Gasteiger partial charge in [0.15, 0.2) is 0 Å². The third kappa shape index (κ3) is 5.30. The molecule has 0 N–H and O–H groups in total. The summed E-state index contributed by atoms with van der Waals surface area (Å²) in [5, 5.41) is 8.59. The predicted octanol–water partition coefficient (Wildman–Crippen LogP) is 5.27. The van der Waals surface area contributed by atoms with Crippen molar-refractivity contribution in [1.29, 1.82) is 5.26 Å². The zero-order valence-electron chi connectivity index (χ0n) is 13.2. The van der Waals surface area contributed by atoms with E-state index in [4.69, 9.17) is 14.7 Å². The fourth-order valence-electron chi connectivity index (χ4n) is 2.17. The molecule has 0 aliphatic heterocycles. The van der Waals surface area contributed by atoms with Gasteiger partial charge in [0.25, 0.3) is 0 Å². The van der Waals surface area contributed by atoms with Gasteiger partial charge in [0.1, 0.15) is 18.1 Å². The largest absolute Gasteiger partial charge is 0.493 e. The van der Waals surface area contributed by atoms with Gasteiger partial charge in [0.05, 0.1) is 17.1 Å². The average molecular weight is 374 g/mol. The summed E-state index contributed by atoms with van der Waals surface area (Å²) in [6.07, 6.45) is 2.12. The molecule has 3 nitrogen and oxygen atoms in total. The second kappa shape index (κ2) is 9.22. The van der Waals surface area contributed by atoms with Crippen molar-refractivity contribution < 1.29 is 9.47 Å². The molecule has 0 saturated heterocycles. The summed E-state index contributed by atoms with van der Waals surface area (Å²) >= 11 is 3.57. The number of hydrogen-bond acceptors (Lipinski definition) is 3. The molecule has 0 unspecified atom stereocenters. The van der Waals surface area contributed by atoms with Crippen LogP contribution < -0.4 is 9.47 Å². The molecule has 2 aromatic rings. The maximum Gasteiger partial charge on any atom is 0.137 e. The smallest absolute Gasteiger partial charge is 0.137 e. The lowest BCUT2D eigenvalue weighted by molar-refractivity contribution is 0.290. The molecule has 2 aromatic carbocycles. The SMILES string of the molecule is CCc1cc(Br)c(OCc2ccccc2)cc1OCCCC#N. The molecule has 0 aromatic heterocycles. The van der Waals surface area contributed by atoms with Gasteiger partial charge in [-0.05, 0) is 46.0 Å². The van der Waals surface area contributed by atoms with Crippen LogP contribution in [-0.2, 0) is 13.0 Å². The van der Waals surface area contributed by atoms with Crippen LogP contribution >= 0.6 is 15.9 Å². The third-order valence-electron chi connectivity index (χ3n) is 3.42. The third-order valence-corrected chi connectivity index (χ3v) is 4.04. The first kappa shape index (κ1) is 17.4. The van der Waals surface area contributed by atoms with E-state index in [-0.39, 0.29) is 0 Å². The van der Waals surface area contributed by atoms with E-state index in [1.807, 2.05) is 42.5 Å². The van der Waals surface area contributed by atoms with Crippen molar-refractivity contribution in [2.45, 2.75) is 32.8 Å². The molecule has 23 heavy (non-hydrogen) atoms. The number of nitriles is 1. The Labute approximate surface area is 146 Å². The van der Waals surface area contributed by atoms with Gasteiger partial charge < -0.3 is 9.47 Å². The van der Waals surface area contributed by atoms with E-state index in [1.165, 1.54) is 0 Å². The number of halogens is 1. The summed E-state index contributed by atoms with van der Waals surface area (Å²) in [4.78, 5) is 0. The van der Waals surface area contributed by atoms with Crippen LogP contribution in [0.2, 0.25) is 0 Å². The lowest BCUT2D eigenvalue weighted by Gasteiger charge is -2.15. The van der Waals surface area contributed by atoms with E-state index < -0.39 is 0 Å². The van der Waals surface area contributed by atoms with Crippen molar-refractivity contribution in [2.75, 3.05) is 6.61 Å². The minimum atomic E-state index is 0.509. The standard InChI is InChI=1S/C19H20BrNO2/c1-2-16-12-17(20)19(13-18(16)22-11-7-6-10-21)23-14-15-8-4-3-5-9-15/h3-5,8-9,12-13H,2,6-7,11,14H2,1H3. The Hall–Kier alpha value is -1.99. The van der Waals surface area contributed by atoms with Crippen molar-refractivity contribution in [3.8, 4) is 17.6 Å². The number of nitrogens with zero attached hydrogens (tertiary/aromatic N) is 1. The van der Waals surface area contributed by atoms with Gasteiger partial charge in [-0.2, -0.15) is 5.26 Å². The number of rotatable bonds is 8. The van der Waals surface area contributed by atoms with Gasteiger partial charge in [-0.25, -0.2) is 0 Å². The number of hydrogen-bond donors (Lipinski definition) is 0. The van der Waals surface area contributed by atoms with Crippen molar-refractivity contribution >= 4 is 15.9 Å². The normalized spacial score (nSPS) is 10.1. The first-order chi connectivity index (χ1) is 11.2. The van der Waals surface area contributed by atoms with Gasteiger partial charge >= 0.3 is 0 Å². The highest BCUT2D eigenvalue weighted by molar-refractivity contribution is 9.10. The molecule has 0 spiro atoms. The van der Waals surface area contributed by atoms with Gasteiger partial charge in [-0.1, -0.05) is 37.3 Å². The van der Waals surface area contributed by atoms with Gasteiger partial charge in [-0.3, -0.25) is 0 Å². The Morgan fingerprint density at radius 2 is 1.87 bits per heavy atom. The minimum Gasteiger partial charge on any atom is -0.493 e. The molecule has 0 amide bonds. The first-order valence-corrected chi connectivity index (χ1v) is 8.52. The monoisotopic (exact) mass is 373 g/mol. The highest BCUT2D eigenvalue weighted by Gasteiger charge is 2.10. The molecule has 120 valence electrons. The number of aryl methyl sites for hydroxylation is 1. The summed E-state index contributed by atoms with van der Waals surface area (Å²) < 4.78 is 12.7. The van der Waals surface area contributed by atoms with Crippen LogP contribution in [0.1, 0.15) is 30.9 Å². The van der Waals surface area contributed by atoms with Crippen LogP contribution in [0.15, 0.2) is 46.9 Å². The summed E-state index contributed by atoms with van der Waals surface area (Å²) in [7, 11) is 0. The summed E-state index contributed by atoms with van der Waals surface area (Å²) in [6.45, 7) is 3.15. The molecule has 0 aliphatic rings. The van der Waals surface area contributed by atoms with Gasteiger partial charge in [-0.15, -0.1) is 0 Å². The quantitative estimate of drug-likeness (QED) is 0.591. The molecule has 0 bridgehead atoms. The van der Waals surface area contributed by atoms with Crippen LogP contribution in [-0.4, -0.2) is 6.61 Å². The second-order valence-electron chi connectivity index (χ2n) is 5.13. The van der Waals surface area contributed by atoms with E-state index in [1.54, 1.807) is 0 Å². The zero-order valence-corrected chi connectivity index (χ0v) is 14.8. The van der Waals surface area contributed by atoms with E-state index in [2.05, 4.69) is 28.9 Å². The fraction of sp³-hybridized carbons (Fsp3) is 0.316. The molecular weight excluding hydrogens is 354 g/mol. The Morgan fingerprint density at radius 3 is 2.57 bits per heavy atom. The van der Waals surface area contributed by atoms with Crippen molar-refractivity contribution in [2.24, 2.45) is 0 Å². The lowest BCUT2D eigenvalue weighted by atomic mass is 10.1. The number of unbranched alkanes of at least 4 members (excludes halogenated alkanes) is 1. The topological polar surface area (TPSA) is 42.2 Å². The lowest BCUT2D eigenvalue weighted by Crippen LogP contribution is -2.02. The van der Waals surface area contributed by atoms with Crippen LogP contribution in [0, 0.1) is 11.3 Å². The Kier molecular flexibility index (Phi) is 6.96. The van der Waals surface area contributed by atoms with E-state index >= 15 is 0 Å². The van der Waals surface area contributed by atoms with E-state index in [0.717, 1.165) is 39.9 Å². The Balaban J connectivity index is 2.08. The van der Waals surface area contributed by atoms with Crippen molar-refractivity contribution in [3.63, 3.8) is 0 Å². The van der Waals surface area contributed by atoms with Crippen molar-refractivity contribution in [3.05, 3.63) is 58.1 Å². The van der Waals surface area contributed by atoms with Crippen LogP contribution in [0.3, 0.4) is 0 Å². The highest BCUT2D eigenvalue weighted by atomic mass is 79.9. The number of ether oxygens (including phenoxy) is 2. The van der Waals surface area contributed by atoms with Gasteiger partial charge in [0.2, 0.25) is 0 Å². The maximum absolute atomic E-state index is 8.59. The Morgan fingerprint density at radius 1 is 1.09 bits per heavy atom. The molecule has 0 atom stereocenters. The number of benzene rings is 2. The first-order valence-electron chi connectivity index (χ1n) is 7.73.